The van der Waals surface area contributed by atoms with E-state index < -0.39 is 11.4 Å². The minimum Gasteiger partial charge on any atom is -0.481 e. The Morgan fingerprint density at radius 1 is 1.21 bits per heavy atom. The van der Waals surface area contributed by atoms with Gasteiger partial charge in [0.05, 0.1) is 5.41 Å². The van der Waals surface area contributed by atoms with Gasteiger partial charge in [-0.25, -0.2) is 0 Å². The van der Waals surface area contributed by atoms with Crippen LogP contribution in [0.5, 0.6) is 0 Å². The van der Waals surface area contributed by atoms with Crippen molar-refractivity contribution < 1.29 is 9.90 Å². The van der Waals surface area contributed by atoms with Crippen molar-refractivity contribution in [3.05, 3.63) is 0 Å². The molecule has 0 aliphatic carbocycles. The molecule has 0 saturated heterocycles. The largest absolute Gasteiger partial charge is 0.481 e. The Kier molecular flexibility index (Phi) is 5.82. The number of carboxylic acid groups (broad SMARTS) is 1. The van der Waals surface area contributed by atoms with Crippen molar-refractivity contribution in [3.63, 3.8) is 0 Å². The zero-order valence-corrected chi connectivity index (χ0v) is 9.97. The van der Waals surface area contributed by atoms with E-state index in [1.54, 1.807) is 0 Å². The van der Waals surface area contributed by atoms with E-state index in [2.05, 4.69) is 13.8 Å². The van der Waals surface area contributed by atoms with Gasteiger partial charge >= 0.3 is 5.97 Å². The molecule has 0 saturated carbocycles. The maximum Gasteiger partial charge on any atom is 0.309 e. The molecule has 0 spiro atoms. The maximum absolute atomic E-state index is 11.0. The molecular formula is C12H24O2. The molecule has 0 atom stereocenters. The van der Waals surface area contributed by atoms with Gasteiger partial charge in [0.2, 0.25) is 0 Å². The zero-order chi connectivity index (χ0) is 11.2. The molecule has 84 valence electrons. The Morgan fingerprint density at radius 2 is 1.64 bits per heavy atom. The van der Waals surface area contributed by atoms with E-state index in [1.165, 1.54) is 0 Å². The molecule has 0 amide bonds. The topological polar surface area (TPSA) is 37.3 Å². The van der Waals surface area contributed by atoms with Crippen LogP contribution >= 0.6 is 0 Å². The van der Waals surface area contributed by atoms with Gasteiger partial charge in [-0.15, -0.1) is 0 Å². The van der Waals surface area contributed by atoms with Crippen molar-refractivity contribution in [3.8, 4) is 0 Å². The first-order valence-corrected chi connectivity index (χ1v) is 5.67. The molecule has 0 aromatic carbocycles. The molecule has 0 fully saturated rings. The minimum absolute atomic E-state index is 0.561. The molecule has 0 aromatic rings. The van der Waals surface area contributed by atoms with E-state index in [-0.39, 0.29) is 0 Å². The molecule has 2 nitrogen and oxygen atoms in total. The number of carboxylic acids is 1. The third kappa shape index (κ3) is 4.64. The van der Waals surface area contributed by atoms with Gasteiger partial charge in [-0.2, -0.15) is 0 Å². The average molecular weight is 200 g/mol. The third-order valence-corrected chi connectivity index (χ3v) is 2.77. The SMILES string of the molecule is CCCC(CCC)CC(C)(C)C(=O)O. The van der Waals surface area contributed by atoms with E-state index in [0.29, 0.717) is 5.92 Å². The summed E-state index contributed by atoms with van der Waals surface area (Å²) in [7, 11) is 0. The van der Waals surface area contributed by atoms with Crippen LogP contribution in [0.15, 0.2) is 0 Å². The van der Waals surface area contributed by atoms with Crippen LogP contribution in [0.3, 0.4) is 0 Å². The highest BCUT2D eigenvalue weighted by molar-refractivity contribution is 5.73. The lowest BCUT2D eigenvalue weighted by Gasteiger charge is -2.25. The van der Waals surface area contributed by atoms with Gasteiger partial charge < -0.3 is 5.11 Å². The lowest BCUT2D eigenvalue weighted by Crippen LogP contribution is -2.26. The van der Waals surface area contributed by atoms with Crippen molar-refractivity contribution in [1.29, 1.82) is 0 Å². The second-order valence-electron chi connectivity index (χ2n) is 4.84. The molecule has 2 heteroatoms. The summed E-state index contributed by atoms with van der Waals surface area (Å²) in [6.45, 7) is 7.98. The van der Waals surface area contributed by atoms with E-state index in [0.717, 1.165) is 32.1 Å². The number of aliphatic carboxylic acids is 1. The number of hydrogen-bond acceptors (Lipinski definition) is 1. The summed E-state index contributed by atoms with van der Waals surface area (Å²) in [5.41, 5.74) is -0.561. The summed E-state index contributed by atoms with van der Waals surface area (Å²) in [5, 5.41) is 9.03. The van der Waals surface area contributed by atoms with Gasteiger partial charge in [-0.3, -0.25) is 4.79 Å². The Hall–Kier alpha value is -0.530. The Balaban J connectivity index is 4.19. The monoisotopic (exact) mass is 200 g/mol. The summed E-state index contributed by atoms with van der Waals surface area (Å²) in [6, 6.07) is 0. The predicted octanol–water partition coefficient (Wildman–Crippen LogP) is 3.70. The highest BCUT2D eigenvalue weighted by Crippen LogP contribution is 2.30. The molecule has 0 heterocycles. The van der Waals surface area contributed by atoms with Crippen LogP contribution in [-0.4, -0.2) is 11.1 Å². The lowest BCUT2D eigenvalue weighted by atomic mass is 9.79. The molecule has 0 aliphatic heterocycles. The van der Waals surface area contributed by atoms with Crippen molar-refractivity contribution >= 4 is 5.97 Å². The van der Waals surface area contributed by atoms with Crippen LogP contribution in [0, 0.1) is 11.3 Å². The van der Waals surface area contributed by atoms with E-state index in [4.69, 9.17) is 5.11 Å². The molecule has 1 N–H and O–H groups in total. The molecule has 0 aromatic heterocycles. The molecule has 0 radical (unpaired) electrons. The van der Waals surface area contributed by atoms with Crippen molar-refractivity contribution in [2.24, 2.45) is 11.3 Å². The molecule has 0 rings (SSSR count). The second kappa shape index (κ2) is 6.05. The standard InChI is InChI=1S/C12H24O2/c1-5-7-10(8-6-2)9-12(3,4)11(13)14/h10H,5-9H2,1-4H3,(H,13,14). The molecule has 0 unspecified atom stereocenters. The van der Waals surface area contributed by atoms with Crippen LogP contribution in [0.4, 0.5) is 0 Å². The van der Waals surface area contributed by atoms with E-state index in [1.807, 2.05) is 13.8 Å². The van der Waals surface area contributed by atoms with Gasteiger partial charge in [0.1, 0.15) is 0 Å². The average Bonchev–Trinajstić information content (AvgIpc) is 2.04. The molecular weight excluding hydrogens is 176 g/mol. The van der Waals surface area contributed by atoms with Gasteiger partial charge in [-0.05, 0) is 26.2 Å². The quantitative estimate of drug-likeness (QED) is 0.680. The zero-order valence-electron chi connectivity index (χ0n) is 9.97. The lowest BCUT2D eigenvalue weighted by molar-refractivity contribution is -0.148. The fraction of sp³-hybridized carbons (Fsp3) is 0.917. The van der Waals surface area contributed by atoms with Crippen molar-refractivity contribution in [2.45, 2.75) is 59.8 Å². The first kappa shape index (κ1) is 13.5. The number of rotatable bonds is 7. The molecule has 14 heavy (non-hydrogen) atoms. The van der Waals surface area contributed by atoms with E-state index in [9.17, 15) is 4.79 Å². The maximum atomic E-state index is 11.0. The van der Waals surface area contributed by atoms with Crippen molar-refractivity contribution in [2.75, 3.05) is 0 Å². The Labute approximate surface area is 87.7 Å². The van der Waals surface area contributed by atoms with Gasteiger partial charge in [0.15, 0.2) is 0 Å². The summed E-state index contributed by atoms with van der Waals surface area (Å²) in [5.74, 6) is -0.0918. The summed E-state index contributed by atoms with van der Waals surface area (Å²) < 4.78 is 0. The van der Waals surface area contributed by atoms with Crippen LogP contribution in [0.1, 0.15) is 59.8 Å². The second-order valence-corrected chi connectivity index (χ2v) is 4.84. The van der Waals surface area contributed by atoms with Gasteiger partial charge in [0.25, 0.3) is 0 Å². The fourth-order valence-electron chi connectivity index (χ4n) is 1.97. The van der Waals surface area contributed by atoms with Gasteiger partial charge in [0, 0.05) is 0 Å². The highest BCUT2D eigenvalue weighted by atomic mass is 16.4. The summed E-state index contributed by atoms with van der Waals surface area (Å²) in [4.78, 5) is 11.0. The number of carbonyl (C=O) groups is 1. The first-order chi connectivity index (χ1) is 6.44. The van der Waals surface area contributed by atoms with Crippen LogP contribution < -0.4 is 0 Å². The summed E-state index contributed by atoms with van der Waals surface area (Å²) in [6.07, 6.45) is 5.43. The Bertz CT molecular complexity index is 167. The number of hydrogen-bond donors (Lipinski definition) is 1. The smallest absolute Gasteiger partial charge is 0.309 e. The van der Waals surface area contributed by atoms with E-state index >= 15 is 0 Å². The predicted molar refractivity (Wildman–Crippen MR) is 59.3 cm³/mol. The molecule has 0 bridgehead atoms. The fourth-order valence-corrected chi connectivity index (χ4v) is 1.97. The van der Waals surface area contributed by atoms with Crippen LogP contribution in [0.25, 0.3) is 0 Å². The molecule has 0 aliphatic rings. The van der Waals surface area contributed by atoms with Crippen molar-refractivity contribution in [1.82, 2.24) is 0 Å². The highest BCUT2D eigenvalue weighted by Gasteiger charge is 2.29. The first-order valence-electron chi connectivity index (χ1n) is 5.67. The van der Waals surface area contributed by atoms with Crippen LogP contribution in [-0.2, 0) is 4.79 Å². The van der Waals surface area contributed by atoms with Gasteiger partial charge in [-0.1, -0.05) is 39.5 Å². The summed E-state index contributed by atoms with van der Waals surface area (Å²) >= 11 is 0. The van der Waals surface area contributed by atoms with Crippen LogP contribution in [0.2, 0.25) is 0 Å². The third-order valence-electron chi connectivity index (χ3n) is 2.77. The normalized spacial score (nSPS) is 12.1. The Morgan fingerprint density at radius 3 is 1.93 bits per heavy atom. The minimum atomic E-state index is -0.672.